The topological polar surface area (TPSA) is 70.1 Å². The molecule has 2 aromatic carbocycles. The second-order valence-electron chi connectivity index (χ2n) is 6.24. The standard InChI is InChI=1S/C21H18ClN3O2S/c22-15-4-2-14(3-5-15)19-12-18-20(28-19)21(26)25(13-24-18)16-6-8-17(9-7-16)27-11-1-10-23/h2-9,12-13H,1,10-11,23H2. The van der Waals surface area contributed by atoms with Crippen LogP contribution in [0, 0.1) is 0 Å². The maximum absolute atomic E-state index is 13.0. The molecule has 0 unspecified atom stereocenters. The number of hydrogen-bond donors (Lipinski definition) is 1. The summed E-state index contributed by atoms with van der Waals surface area (Å²) in [6.07, 6.45) is 2.36. The van der Waals surface area contributed by atoms with Crippen LogP contribution >= 0.6 is 22.9 Å². The number of fused-ring (bicyclic) bond motifs is 1. The van der Waals surface area contributed by atoms with Crippen LogP contribution in [0.3, 0.4) is 0 Å². The molecule has 0 radical (unpaired) electrons. The van der Waals surface area contributed by atoms with Crippen molar-refractivity contribution in [1.29, 1.82) is 0 Å². The Bertz CT molecular complexity index is 1150. The molecule has 0 bridgehead atoms. The van der Waals surface area contributed by atoms with Crippen LogP contribution in [0.5, 0.6) is 5.75 Å². The van der Waals surface area contributed by atoms with Crippen LogP contribution in [0.1, 0.15) is 6.42 Å². The van der Waals surface area contributed by atoms with Crippen molar-refractivity contribution in [2.45, 2.75) is 6.42 Å². The van der Waals surface area contributed by atoms with Gasteiger partial charge in [-0.25, -0.2) is 4.98 Å². The summed E-state index contributed by atoms with van der Waals surface area (Å²) < 4.78 is 7.78. The first-order valence-electron chi connectivity index (χ1n) is 8.86. The van der Waals surface area contributed by atoms with Crippen molar-refractivity contribution in [3.8, 4) is 21.9 Å². The molecule has 0 saturated carbocycles. The molecule has 142 valence electrons. The Labute approximate surface area is 171 Å². The van der Waals surface area contributed by atoms with Gasteiger partial charge in [-0.15, -0.1) is 11.3 Å². The third-order valence-corrected chi connectivity index (χ3v) is 5.71. The van der Waals surface area contributed by atoms with Gasteiger partial charge in [-0.3, -0.25) is 9.36 Å². The Morgan fingerprint density at radius 3 is 2.57 bits per heavy atom. The van der Waals surface area contributed by atoms with Crippen LogP contribution in [0.15, 0.2) is 65.7 Å². The lowest BCUT2D eigenvalue weighted by molar-refractivity contribution is 0.313. The molecular weight excluding hydrogens is 394 g/mol. The summed E-state index contributed by atoms with van der Waals surface area (Å²) in [6, 6.07) is 16.9. The number of nitrogens with two attached hydrogens (primary N) is 1. The molecule has 2 aromatic heterocycles. The van der Waals surface area contributed by atoms with Crippen molar-refractivity contribution in [2.75, 3.05) is 13.2 Å². The number of thiophene rings is 1. The minimum atomic E-state index is -0.0907. The van der Waals surface area contributed by atoms with Gasteiger partial charge in [0.15, 0.2) is 0 Å². The fourth-order valence-corrected chi connectivity index (χ4v) is 4.00. The van der Waals surface area contributed by atoms with Gasteiger partial charge in [0, 0.05) is 9.90 Å². The molecule has 2 N–H and O–H groups in total. The summed E-state index contributed by atoms with van der Waals surface area (Å²) in [6.45, 7) is 1.17. The second kappa shape index (κ2) is 8.14. The normalized spacial score (nSPS) is 11.1. The van der Waals surface area contributed by atoms with E-state index in [2.05, 4.69) is 4.98 Å². The van der Waals surface area contributed by atoms with E-state index in [0.29, 0.717) is 28.4 Å². The van der Waals surface area contributed by atoms with E-state index < -0.39 is 0 Å². The van der Waals surface area contributed by atoms with Crippen molar-refractivity contribution in [3.05, 3.63) is 76.3 Å². The molecular formula is C21H18ClN3O2S. The highest BCUT2D eigenvalue weighted by Crippen LogP contribution is 2.31. The molecule has 28 heavy (non-hydrogen) atoms. The highest BCUT2D eigenvalue weighted by molar-refractivity contribution is 7.22. The number of ether oxygens (including phenoxy) is 1. The van der Waals surface area contributed by atoms with Crippen LogP contribution in [-0.4, -0.2) is 22.7 Å². The lowest BCUT2D eigenvalue weighted by Gasteiger charge is -2.08. The SMILES string of the molecule is NCCCOc1ccc(-n2cnc3cc(-c4ccc(Cl)cc4)sc3c2=O)cc1. The Balaban J connectivity index is 1.66. The first-order valence-corrected chi connectivity index (χ1v) is 10.1. The van der Waals surface area contributed by atoms with E-state index in [1.165, 1.54) is 11.3 Å². The van der Waals surface area contributed by atoms with Crippen molar-refractivity contribution >= 4 is 33.2 Å². The zero-order valence-corrected chi connectivity index (χ0v) is 16.5. The van der Waals surface area contributed by atoms with Gasteiger partial charge in [0.2, 0.25) is 0 Å². The average Bonchev–Trinajstić information content (AvgIpc) is 3.15. The van der Waals surface area contributed by atoms with Gasteiger partial charge in [-0.1, -0.05) is 23.7 Å². The lowest BCUT2D eigenvalue weighted by atomic mass is 10.2. The molecule has 0 aliphatic rings. The molecule has 0 atom stereocenters. The monoisotopic (exact) mass is 411 g/mol. The second-order valence-corrected chi connectivity index (χ2v) is 7.72. The predicted molar refractivity (Wildman–Crippen MR) is 115 cm³/mol. The minimum absolute atomic E-state index is 0.0907. The number of aromatic nitrogens is 2. The third-order valence-electron chi connectivity index (χ3n) is 4.30. The fraction of sp³-hybridized carbons (Fsp3) is 0.143. The number of rotatable bonds is 6. The van der Waals surface area contributed by atoms with E-state index in [9.17, 15) is 4.79 Å². The van der Waals surface area contributed by atoms with Gasteiger partial charge in [-0.05, 0) is 61.0 Å². The van der Waals surface area contributed by atoms with E-state index in [1.807, 2.05) is 54.6 Å². The molecule has 4 aromatic rings. The molecule has 4 rings (SSSR count). The summed E-state index contributed by atoms with van der Waals surface area (Å²) >= 11 is 7.39. The van der Waals surface area contributed by atoms with Crippen LogP contribution in [0.4, 0.5) is 0 Å². The summed E-state index contributed by atoms with van der Waals surface area (Å²) in [7, 11) is 0. The summed E-state index contributed by atoms with van der Waals surface area (Å²) in [5, 5.41) is 0.681. The number of benzene rings is 2. The van der Waals surface area contributed by atoms with Gasteiger partial charge < -0.3 is 10.5 Å². The maximum Gasteiger partial charge on any atom is 0.275 e. The molecule has 7 heteroatoms. The minimum Gasteiger partial charge on any atom is -0.494 e. The quantitative estimate of drug-likeness (QED) is 0.474. The predicted octanol–water partition coefficient (Wildman–Crippen LogP) is 4.50. The molecule has 0 saturated heterocycles. The average molecular weight is 412 g/mol. The molecule has 0 aliphatic heterocycles. The van der Waals surface area contributed by atoms with E-state index in [1.54, 1.807) is 10.9 Å². The highest BCUT2D eigenvalue weighted by atomic mass is 35.5. The van der Waals surface area contributed by atoms with Gasteiger partial charge in [0.25, 0.3) is 5.56 Å². The first kappa shape index (κ1) is 18.7. The van der Waals surface area contributed by atoms with Crippen molar-refractivity contribution < 1.29 is 4.74 Å². The van der Waals surface area contributed by atoms with E-state index in [0.717, 1.165) is 28.3 Å². The first-order chi connectivity index (χ1) is 13.7. The lowest BCUT2D eigenvalue weighted by Crippen LogP contribution is -2.17. The molecule has 0 aliphatic carbocycles. The zero-order chi connectivity index (χ0) is 19.5. The number of hydrogen-bond acceptors (Lipinski definition) is 5. The molecule has 2 heterocycles. The molecule has 0 amide bonds. The molecule has 0 fully saturated rings. The van der Waals surface area contributed by atoms with Crippen molar-refractivity contribution in [3.63, 3.8) is 0 Å². The smallest absolute Gasteiger partial charge is 0.275 e. The zero-order valence-electron chi connectivity index (χ0n) is 15.0. The highest BCUT2D eigenvalue weighted by Gasteiger charge is 2.11. The van der Waals surface area contributed by atoms with Crippen molar-refractivity contribution in [1.82, 2.24) is 9.55 Å². The van der Waals surface area contributed by atoms with Crippen LogP contribution < -0.4 is 16.0 Å². The third kappa shape index (κ3) is 3.80. The summed E-state index contributed by atoms with van der Waals surface area (Å²) in [5.41, 5.74) is 7.83. The molecule has 5 nitrogen and oxygen atoms in total. The van der Waals surface area contributed by atoms with Gasteiger partial charge in [-0.2, -0.15) is 0 Å². The van der Waals surface area contributed by atoms with E-state index in [-0.39, 0.29) is 5.56 Å². The Morgan fingerprint density at radius 2 is 1.86 bits per heavy atom. The summed E-state index contributed by atoms with van der Waals surface area (Å²) in [5.74, 6) is 0.750. The van der Waals surface area contributed by atoms with E-state index >= 15 is 0 Å². The molecule has 0 spiro atoms. The van der Waals surface area contributed by atoms with Gasteiger partial charge in [0.1, 0.15) is 16.8 Å². The van der Waals surface area contributed by atoms with E-state index in [4.69, 9.17) is 22.1 Å². The van der Waals surface area contributed by atoms with Crippen LogP contribution in [0.2, 0.25) is 5.02 Å². The number of nitrogens with zero attached hydrogens (tertiary/aromatic N) is 2. The summed E-state index contributed by atoms with van der Waals surface area (Å²) in [4.78, 5) is 18.4. The van der Waals surface area contributed by atoms with Crippen molar-refractivity contribution in [2.24, 2.45) is 5.73 Å². The number of halogens is 1. The fourth-order valence-electron chi connectivity index (χ4n) is 2.83. The van der Waals surface area contributed by atoms with Crippen LogP contribution in [0.25, 0.3) is 26.3 Å². The van der Waals surface area contributed by atoms with Gasteiger partial charge in [0.05, 0.1) is 17.8 Å². The Morgan fingerprint density at radius 1 is 1.11 bits per heavy atom. The van der Waals surface area contributed by atoms with Crippen LogP contribution in [-0.2, 0) is 0 Å². The maximum atomic E-state index is 13.0. The Kier molecular flexibility index (Phi) is 5.43. The largest absolute Gasteiger partial charge is 0.494 e. The van der Waals surface area contributed by atoms with Gasteiger partial charge >= 0.3 is 0 Å². The Hall–Kier alpha value is -2.67.